The van der Waals surface area contributed by atoms with Gasteiger partial charge in [-0.15, -0.1) is 0 Å². The summed E-state index contributed by atoms with van der Waals surface area (Å²) in [6, 6.07) is 9.46. The highest BCUT2D eigenvalue weighted by Crippen LogP contribution is 2.34. The number of rotatable bonds is 6. The van der Waals surface area contributed by atoms with Gasteiger partial charge in [-0.25, -0.2) is 8.78 Å². The summed E-state index contributed by atoms with van der Waals surface area (Å²) >= 11 is 0. The predicted octanol–water partition coefficient (Wildman–Crippen LogP) is 3.86. The molecular weight excluding hydrogens is 376 g/mol. The molecule has 0 radical (unpaired) electrons. The van der Waals surface area contributed by atoms with Gasteiger partial charge in [0.1, 0.15) is 11.6 Å². The molecule has 0 unspecified atom stereocenters. The summed E-state index contributed by atoms with van der Waals surface area (Å²) < 4.78 is 39.9. The number of fused-ring (bicyclic) bond motifs is 1. The van der Waals surface area contributed by atoms with E-state index in [1.807, 2.05) is 31.4 Å². The van der Waals surface area contributed by atoms with Gasteiger partial charge >= 0.3 is 0 Å². The van der Waals surface area contributed by atoms with E-state index in [9.17, 15) is 8.78 Å². The van der Waals surface area contributed by atoms with E-state index in [-0.39, 0.29) is 0 Å². The van der Waals surface area contributed by atoms with Crippen molar-refractivity contribution in [2.75, 3.05) is 19.8 Å². The van der Waals surface area contributed by atoms with Crippen molar-refractivity contribution in [3.63, 3.8) is 0 Å². The maximum absolute atomic E-state index is 13.3. The first-order chi connectivity index (χ1) is 14.1. The molecule has 0 bridgehead atoms. The van der Waals surface area contributed by atoms with Crippen molar-refractivity contribution in [3.05, 3.63) is 65.4 Å². The zero-order chi connectivity index (χ0) is 20.2. The summed E-state index contributed by atoms with van der Waals surface area (Å²) in [7, 11) is 1.88. The van der Waals surface area contributed by atoms with E-state index in [2.05, 4.69) is 10.4 Å². The Labute approximate surface area is 168 Å². The molecule has 0 amide bonds. The van der Waals surface area contributed by atoms with Crippen LogP contribution in [0.15, 0.2) is 42.6 Å². The molecule has 5 nitrogen and oxygen atoms in total. The number of hydrogen-bond donors (Lipinski definition) is 1. The van der Waals surface area contributed by atoms with Crippen LogP contribution in [0.3, 0.4) is 0 Å². The lowest BCUT2D eigenvalue weighted by Crippen LogP contribution is -2.17. The SMILES string of the molecule is Cn1cc(CNCCc2cc(F)cc(F)c2)c(-c2ccc3c(c2)OCCCO3)n1. The molecular formula is C22H23F2N3O2. The Morgan fingerprint density at radius 2 is 1.79 bits per heavy atom. The smallest absolute Gasteiger partial charge is 0.161 e. The molecule has 0 saturated carbocycles. The maximum atomic E-state index is 13.3. The van der Waals surface area contributed by atoms with Crippen LogP contribution in [-0.2, 0) is 20.0 Å². The van der Waals surface area contributed by atoms with Crippen LogP contribution >= 0.6 is 0 Å². The van der Waals surface area contributed by atoms with E-state index >= 15 is 0 Å². The molecule has 7 heteroatoms. The van der Waals surface area contributed by atoms with Crippen LogP contribution in [-0.4, -0.2) is 29.5 Å². The minimum absolute atomic E-state index is 0.536. The number of halogens is 2. The molecule has 0 saturated heterocycles. The molecule has 2 heterocycles. The standard InChI is InChI=1S/C22H23F2N3O2/c1-27-14-17(13-25-6-5-15-9-18(23)12-19(24)10-15)22(26-27)16-3-4-20-21(11-16)29-8-2-7-28-20/h3-4,9-12,14,25H,2,5-8,13H2,1H3. The first-order valence-electron chi connectivity index (χ1n) is 9.67. The lowest BCUT2D eigenvalue weighted by molar-refractivity contribution is 0.297. The fourth-order valence-electron chi connectivity index (χ4n) is 3.43. The molecule has 4 rings (SSSR count). The molecule has 0 fully saturated rings. The van der Waals surface area contributed by atoms with Crippen molar-refractivity contribution >= 4 is 0 Å². The first kappa shape index (κ1) is 19.4. The number of benzene rings is 2. The lowest BCUT2D eigenvalue weighted by Gasteiger charge is -2.10. The number of nitrogens with zero attached hydrogens (tertiary/aromatic N) is 2. The van der Waals surface area contributed by atoms with E-state index in [0.29, 0.717) is 38.3 Å². The Morgan fingerprint density at radius 1 is 1.03 bits per heavy atom. The van der Waals surface area contributed by atoms with Crippen LogP contribution in [0.4, 0.5) is 8.78 Å². The topological polar surface area (TPSA) is 48.3 Å². The number of aromatic nitrogens is 2. The van der Waals surface area contributed by atoms with Crippen LogP contribution in [0.5, 0.6) is 11.5 Å². The van der Waals surface area contributed by atoms with Gasteiger partial charge in [-0.1, -0.05) is 0 Å². The van der Waals surface area contributed by atoms with Crippen molar-refractivity contribution in [2.45, 2.75) is 19.4 Å². The maximum Gasteiger partial charge on any atom is 0.161 e. The van der Waals surface area contributed by atoms with E-state index in [0.717, 1.165) is 40.8 Å². The summed E-state index contributed by atoms with van der Waals surface area (Å²) in [6.07, 6.45) is 3.36. The fourth-order valence-corrected chi connectivity index (χ4v) is 3.43. The lowest BCUT2D eigenvalue weighted by atomic mass is 10.1. The first-order valence-corrected chi connectivity index (χ1v) is 9.67. The van der Waals surface area contributed by atoms with Gasteiger partial charge in [0.05, 0.1) is 18.9 Å². The molecule has 3 aromatic rings. The van der Waals surface area contributed by atoms with Crippen molar-refractivity contribution in [2.24, 2.45) is 7.05 Å². The quantitative estimate of drug-likeness (QED) is 0.640. The zero-order valence-corrected chi connectivity index (χ0v) is 16.3. The summed E-state index contributed by atoms with van der Waals surface area (Å²) in [5.41, 5.74) is 3.49. The Balaban J connectivity index is 1.44. The Bertz CT molecular complexity index is 983. The molecule has 1 aliphatic rings. The average Bonchev–Trinajstić information content (AvgIpc) is 2.90. The second-order valence-electron chi connectivity index (χ2n) is 7.09. The van der Waals surface area contributed by atoms with Gasteiger partial charge in [-0.05, 0) is 48.9 Å². The minimum Gasteiger partial charge on any atom is -0.490 e. The van der Waals surface area contributed by atoms with Crippen molar-refractivity contribution in [3.8, 4) is 22.8 Å². The third kappa shape index (κ3) is 4.74. The number of ether oxygens (including phenoxy) is 2. The molecule has 0 atom stereocenters. The van der Waals surface area contributed by atoms with Crippen LogP contribution < -0.4 is 14.8 Å². The van der Waals surface area contributed by atoms with Crippen molar-refractivity contribution < 1.29 is 18.3 Å². The predicted molar refractivity (Wildman–Crippen MR) is 106 cm³/mol. The van der Waals surface area contributed by atoms with Gasteiger partial charge < -0.3 is 14.8 Å². The van der Waals surface area contributed by atoms with Gasteiger partial charge in [0.15, 0.2) is 11.5 Å². The molecule has 1 N–H and O–H groups in total. The third-order valence-corrected chi connectivity index (χ3v) is 4.75. The largest absolute Gasteiger partial charge is 0.490 e. The highest BCUT2D eigenvalue weighted by atomic mass is 19.1. The molecule has 0 spiro atoms. The fraction of sp³-hybridized carbons (Fsp3) is 0.318. The molecule has 29 heavy (non-hydrogen) atoms. The van der Waals surface area contributed by atoms with Crippen molar-refractivity contribution in [1.29, 1.82) is 0 Å². The van der Waals surface area contributed by atoms with Gasteiger partial charge in [0.25, 0.3) is 0 Å². The van der Waals surface area contributed by atoms with Crippen molar-refractivity contribution in [1.82, 2.24) is 15.1 Å². The van der Waals surface area contributed by atoms with Crippen LogP contribution in [0, 0.1) is 11.6 Å². The molecule has 152 valence electrons. The summed E-state index contributed by atoms with van der Waals surface area (Å²) in [6.45, 7) is 2.47. The van der Waals surface area contributed by atoms with Gasteiger partial charge in [0, 0.05) is 43.4 Å². The average molecular weight is 399 g/mol. The highest BCUT2D eigenvalue weighted by molar-refractivity contribution is 5.66. The highest BCUT2D eigenvalue weighted by Gasteiger charge is 2.15. The van der Waals surface area contributed by atoms with Gasteiger partial charge in [-0.2, -0.15) is 5.10 Å². The number of hydrogen-bond acceptors (Lipinski definition) is 4. The van der Waals surface area contributed by atoms with Gasteiger partial charge in [0.2, 0.25) is 0 Å². The summed E-state index contributed by atoms with van der Waals surface area (Å²) in [5, 5.41) is 7.93. The normalized spacial score (nSPS) is 13.3. The van der Waals surface area contributed by atoms with Crippen LogP contribution in [0.1, 0.15) is 17.5 Å². The monoisotopic (exact) mass is 399 g/mol. The molecule has 1 aromatic heterocycles. The summed E-state index contributed by atoms with van der Waals surface area (Å²) in [5.74, 6) is 0.384. The number of aryl methyl sites for hydroxylation is 1. The zero-order valence-electron chi connectivity index (χ0n) is 16.3. The third-order valence-electron chi connectivity index (χ3n) is 4.75. The molecule has 0 aliphatic carbocycles. The van der Waals surface area contributed by atoms with Crippen LogP contribution in [0.25, 0.3) is 11.3 Å². The van der Waals surface area contributed by atoms with E-state index < -0.39 is 11.6 Å². The second-order valence-corrected chi connectivity index (χ2v) is 7.09. The van der Waals surface area contributed by atoms with E-state index in [1.165, 1.54) is 12.1 Å². The minimum atomic E-state index is -0.552. The second kappa shape index (κ2) is 8.61. The van der Waals surface area contributed by atoms with E-state index in [1.54, 1.807) is 4.68 Å². The van der Waals surface area contributed by atoms with Crippen LogP contribution in [0.2, 0.25) is 0 Å². The Kier molecular flexibility index (Phi) is 5.76. The Hall–Kier alpha value is -2.93. The molecule has 1 aliphatic heterocycles. The van der Waals surface area contributed by atoms with E-state index in [4.69, 9.17) is 9.47 Å². The Morgan fingerprint density at radius 3 is 2.59 bits per heavy atom. The van der Waals surface area contributed by atoms with Gasteiger partial charge in [-0.3, -0.25) is 4.68 Å². The summed E-state index contributed by atoms with van der Waals surface area (Å²) in [4.78, 5) is 0. The molecule has 2 aromatic carbocycles. The number of nitrogens with one attached hydrogen (secondary N) is 1.